The number of amides is 2. The van der Waals surface area contributed by atoms with Gasteiger partial charge in [-0.1, -0.05) is 33.1 Å². The molecule has 0 aromatic heterocycles. The molecule has 0 radical (unpaired) electrons. The lowest BCUT2D eigenvalue weighted by atomic mass is 10.0. The lowest BCUT2D eigenvalue weighted by Crippen LogP contribution is -2.41. The maximum Gasteiger partial charge on any atom is 0.239 e. The Kier molecular flexibility index (Phi) is 6.76. The van der Waals surface area contributed by atoms with Crippen molar-refractivity contribution in [3.8, 4) is 0 Å². The van der Waals surface area contributed by atoms with Crippen molar-refractivity contribution < 1.29 is 9.59 Å². The summed E-state index contributed by atoms with van der Waals surface area (Å²) in [6.45, 7) is 5.97. The minimum Gasteiger partial charge on any atom is -0.354 e. The fraction of sp³-hybridized carbons (Fsp3) is 0.857. The van der Waals surface area contributed by atoms with Crippen LogP contribution < -0.4 is 5.32 Å². The van der Waals surface area contributed by atoms with Gasteiger partial charge in [0.1, 0.15) is 0 Å². The van der Waals surface area contributed by atoms with E-state index < -0.39 is 0 Å². The Labute approximate surface area is 110 Å². The molecule has 4 nitrogen and oxygen atoms in total. The van der Waals surface area contributed by atoms with Crippen LogP contribution in [0, 0.1) is 5.92 Å². The maximum atomic E-state index is 11.8. The van der Waals surface area contributed by atoms with Crippen LogP contribution in [0.4, 0.5) is 0 Å². The van der Waals surface area contributed by atoms with Gasteiger partial charge >= 0.3 is 0 Å². The van der Waals surface area contributed by atoms with Gasteiger partial charge in [0.2, 0.25) is 11.8 Å². The Morgan fingerprint density at radius 1 is 1.28 bits per heavy atom. The van der Waals surface area contributed by atoms with Crippen molar-refractivity contribution in [3.05, 3.63) is 0 Å². The van der Waals surface area contributed by atoms with Gasteiger partial charge < -0.3 is 10.2 Å². The van der Waals surface area contributed by atoms with Crippen LogP contribution in [-0.2, 0) is 9.59 Å². The fourth-order valence-electron chi connectivity index (χ4n) is 2.27. The highest BCUT2D eigenvalue weighted by Gasteiger charge is 2.19. The largest absolute Gasteiger partial charge is 0.354 e. The molecule has 104 valence electrons. The first-order valence-corrected chi connectivity index (χ1v) is 7.21. The second kappa shape index (κ2) is 8.11. The molecule has 1 heterocycles. The van der Waals surface area contributed by atoms with Crippen molar-refractivity contribution in [1.82, 2.24) is 10.2 Å². The van der Waals surface area contributed by atoms with Crippen LogP contribution in [0.15, 0.2) is 0 Å². The quantitative estimate of drug-likeness (QED) is 0.787. The molecule has 1 saturated heterocycles. The lowest BCUT2D eigenvalue weighted by Gasteiger charge is -2.20. The Morgan fingerprint density at radius 3 is 2.67 bits per heavy atom. The zero-order chi connectivity index (χ0) is 13.4. The highest BCUT2D eigenvalue weighted by molar-refractivity contribution is 5.84. The molecule has 1 rings (SSSR count). The molecule has 0 spiro atoms. The summed E-state index contributed by atoms with van der Waals surface area (Å²) in [5.41, 5.74) is 0. The van der Waals surface area contributed by atoms with Crippen molar-refractivity contribution in [2.24, 2.45) is 5.92 Å². The zero-order valence-electron chi connectivity index (χ0n) is 11.7. The minimum absolute atomic E-state index is 0.0165. The van der Waals surface area contributed by atoms with E-state index in [1.807, 2.05) is 0 Å². The molecule has 0 atom stereocenters. The van der Waals surface area contributed by atoms with Gasteiger partial charge in [0.15, 0.2) is 0 Å². The molecule has 0 unspecified atom stereocenters. The van der Waals surface area contributed by atoms with Gasteiger partial charge in [-0.25, -0.2) is 0 Å². The minimum atomic E-state index is -0.0165. The molecule has 1 aliphatic heterocycles. The molecule has 1 aliphatic rings. The summed E-state index contributed by atoms with van der Waals surface area (Å²) in [5.74, 6) is 0.663. The normalized spacial score (nSPS) is 16.8. The second-order valence-electron chi connectivity index (χ2n) is 5.11. The van der Waals surface area contributed by atoms with Crippen LogP contribution in [0.1, 0.15) is 52.4 Å². The summed E-state index contributed by atoms with van der Waals surface area (Å²) >= 11 is 0. The van der Waals surface area contributed by atoms with E-state index >= 15 is 0 Å². The Bertz CT molecular complexity index is 275. The summed E-state index contributed by atoms with van der Waals surface area (Å²) in [7, 11) is 0. The third kappa shape index (κ3) is 5.07. The molecule has 18 heavy (non-hydrogen) atoms. The first-order valence-electron chi connectivity index (χ1n) is 7.21. The van der Waals surface area contributed by atoms with Crippen molar-refractivity contribution in [2.45, 2.75) is 52.4 Å². The van der Waals surface area contributed by atoms with E-state index in [9.17, 15) is 9.59 Å². The Balaban J connectivity index is 2.31. The van der Waals surface area contributed by atoms with Crippen molar-refractivity contribution >= 4 is 11.8 Å². The number of carbonyl (C=O) groups is 2. The second-order valence-corrected chi connectivity index (χ2v) is 5.11. The summed E-state index contributed by atoms with van der Waals surface area (Å²) in [6, 6.07) is 0. The summed E-state index contributed by atoms with van der Waals surface area (Å²) in [6.07, 6.45) is 5.84. The predicted molar refractivity (Wildman–Crippen MR) is 72.1 cm³/mol. The summed E-state index contributed by atoms with van der Waals surface area (Å²) < 4.78 is 0. The summed E-state index contributed by atoms with van der Waals surface area (Å²) in [4.78, 5) is 25.3. The van der Waals surface area contributed by atoms with Crippen LogP contribution in [-0.4, -0.2) is 36.3 Å². The number of rotatable bonds is 6. The van der Waals surface area contributed by atoms with Gasteiger partial charge in [-0.3, -0.25) is 9.59 Å². The first-order chi connectivity index (χ1) is 8.67. The Hall–Kier alpha value is -1.06. The van der Waals surface area contributed by atoms with E-state index in [0.717, 1.165) is 45.2 Å². The van der Waals surface area contributed by atoms with Gasteiger partial charge in [-0.05, 0) is 18.8 Å². The highest BCUT2D eigenvalue weighted by atomic mass is 16.2. The molecule has 4 heteroatoms. The van der Waals surface area contributed by atoms with Crippen LogP contribution in [0.2, 0.25) is 0 Å². The number of likely N-dealkylation sites (tertiary alicyclic amines) is 1. The SMILES string of the molecule is CCC(CC)CNC(=O)CN1CCCCCC1=O. The number of hydrogen-bond donors (Lipinski definition) is 1. The smallest absolute Gasteiger partial charge is 0.239 e. The number of nitrogens with zero attached hydrogens (tertiary/aromatic N) is 1. The van der Waals surface area contributed by atoms with E-state index in [1.54, 1.807) is 4.90 Å². The van der Waals surface area contributed by atoms with Crippen LogP contribution in [0.3, 0.4) is 0 Å². The molecule has 1 fully saturated rings. The molecule has 0 aromatic carbocycles. The van der Waals surface area contributed by atoms with E-state index in [4.69, 9.17) is 0 Å². The monoisotopic (exact) mass is 254 g/mol. The molecule has 0 aromatic rings. The van der Waals surface area contributed by atoms with Crippen molar-refractivity contribution in [3.63, 3.8) is 0 Å². The molecule has 2 amide bonds. The molecular formula is C14H26N2O2. The lowest BCUT2D eigenvalue weighted by molar-refractivity contribution is -0.135. The van der Waals surface area contributed by atoms with Gasteiger partial charge in [-0.2, -0.15) is 0 Å². The molecule has 1 N–H and O–H groups in total. The third-order valence-electron chi connectivity index (χ3n) is 3.75. The van der Waals surface area contributed by atoms with Crippen molar-refractivity contribution in [2.75, 3.05) is 19.6 Å². The van der Waals surface area contributed by atoms with E-state index in [1.165, 1.54) is 0 Å². The van der Waals surface area contributed by atoms with Gasteiger partial charge in [0.25, 0.3) is 0 Å². The van der Waals surface area contributed by atoms with Gasteiger partial charge in [0, 0.05) is 19.5 Å². The molecule has 0 bridgehead atoms. The average molecular weight is 254 g/mol. The first kappa shape index (κ1) is 15.0. The van der Waals surface area contributed by atoms with Crippen LogP contribution in [0.5, 0.6) is 0 Å². The third-order valence-corrected chi connectivity index (χ3v) is 3.75. The number of hydrogen-bond acceptors (Lipinski definition) is 2. The van der Waals surface area contributed by atoms with E-state index in [2.05, 4.69) is 19.2 Å². The topological polar surface area (TPSA) is 49.4 Å². The zero-order valence-corrected chi connectivity index (χ0v) is 11.7. The van der Waals surface area contributed by atoms with Crippen molar-refractivity contribution in [1.29, 1.82) is 0 Å². The molecule has 0 aliphatic carbocycles. The van der Waals surface area contributed by atoms with E-state index in [-0.39, 0.29) is 18.4 Å². The fourth-order valence-corrected chi connectivity index (χ4v) is 2.27. The van der Waals surface area contributed by atoms with E-state index in [0.29, 0.717) is 12.3 Å². The summed E-state index contributed by atoms with van der Waals surface area (Å²) in [5, 5.41) is 2.94. The molecule has 0 saturated carbocycles. The van der Waals surface area contributed by atoms with Crippen LogP contribution in [0.25, 0.3) is 0 Å². The number of carbonyl (C=O) groups excluding carboxylic acids is 2. The van der Waals surface area contributed by atoms with Crippen LogP contribution >= 0.6 is 0 Å². The highest BCUT2D eigenvalue weighted by Crippen LogP contribution is 2.10. The average Bonchev–Trinajstić information content (AvgIpc) is 2.56. The van der Waals surface area contributed by atoms with Gasteiger partial charge in [-0.15, -0.1) is 0 Å². The Morgan fingerprint density at radius 2 is 2.00 bits per heavy atom. The molecular weight excluding hydrogens is 228 g/mol. The van der Waals surface area contributed by atoms with Gasteiger partial charge in [0.05, 0.1) is 6.54 Å². The number of nitrogens with one attached hydrogen (secondary N) is 1. The standard InChI is InChI=1S/C14H26N2O2/c1-3-12(4-2)10-15-13(17)11-16-9-7-5-6-8-14(16)18/h12H,3-11H2,1-2H3,(H,15,17). The predicted octanol–water partition coefficient (Wildman–Crippen LogP) is 1.94. The maximum absolute atomic E-state index is 11.8.